The average Bonchev–Trinajstić information content (AvgIpc) is 3.40. The summed E-state index contributed by atoms with van der Waals surface area (Å²) in [6.07, 6.45) is 0. The molecule has 0 saturated carbocycles. The summed E-state index contributed by atoms with van der Waals surface area (Å²) >= 11 is 3.81. The Morgan fingerprint density at radius 2 is 1.25 bits per heavy atom. The van der Waals surface area contributed by atoms with Crippen LogP contribution in [0.3, 0.4) is 0 Å². The summed E-state index contributed by atoms with van der Waals surface area (Å²) < 4.78 is 7.12. The van der Waals surface area contributed by atoms with Gasteiger partial charge in [-0.05, 0) is 76.3 Å². The van der Waals surface area contributed by atoms with Gasteiger partial charge in [0, 0.05) is 39.1 Å². The number of nitrogens with one attached hydrogen (secondary N) is 2. The first-order chi connectivity index (χ1) is 17.6. The van der Waals surface area contributed by atoms with E-state index in [0.29, 0.717) is 6.61 Å². The zero-order chi connectivity index (χ0) is 24.6. The van der Waals surface area contributed by atoms with Crippen molar-refractivity contribution < 1.29 is 4.74 Å². The molecule has 0 fully saturated rings. The molecule has 0 bridgehead atoms. The third kappa shape index (κ3) is 4.02. The van der Waals surface area contributed by atoms with Gasteiger partial charge in [0.2, 0.25) is 0 Å². The van der Waals surface area contributed by atoms with Crippen LogP contribution >= 0.6 is 15.9 Å². The Kier molecular flexibility index (Phi) is 5.90. The van der Waals surface area contributed by atoms with Gasteiger partial charge in [-0.2, -0.15) is 0 Å². The van der Waals surface area contributed by atoms with Gasteiger partial charge in [-0.3, -0.25) is 0 Å². The lowest BCUT2D eigenvalue weighted by Crippen LogP contribution is -2.06. The van der Waals surface area contributed by atoms with Crippen LogP contribution in [0.15, 0.2) is 102 Å². The van der Waals surface area contributed by atoms with Crippen LogP contribution in [0.5, 0.6) is 5.75 Å². The maximum atomic E-state index is 6.17. The van der Waals surface area contributed by atoms with E-state index >= 15 is 0 Å². The van der Waals surface area contributed by atoms with Crippen molar-refractivity contribution in [1.29, 1.82) is 0 Å². The maximum absolute atomic E-state index is 6.17. The summed E-state index contributed by atoms with van der Waals surface area (Å²) in [4.78, 5) is 7.25. The predicted molar refractivity (Wildman–Crippen MR) is 152 cm³/mol. The van der Waals surface area contributed by atoms with E-state index in [9.17, 15) is 0 Å². The third-order valence-electron chi connectivity index (χ3n) is 6.99. The SMILES string of the molecule is Cc1[nH]c2ccccc2c1C(c1ccc(OCc2ccccc2)c(Br)c1)c1c(C)[nH]c2ccccc12. The Morgan fingerprint density at radius 1 is 0.694 bits per heavy atom. The van der Waals surface area contributed by atoms with Crippen molar-refractivity contribution in [3.63, 3.8) is 0 Å². The number of H-pyrrole nitrogens is 2. The van der Waals surface area contributed by atoms with E-state index in [0.717, 1.165) is 26.8 Å². The summed E-state index contributed by atoms with van der Waals surface area (Å²) in [6.45, 7) is 4.89. The standard InChI is InChI=1S/C32H27BrN2O/c1-20-30(24-12-6-8-14-27(24)34-20)32(31-21(2)35-28-15-9-7-13-25(28)31)23-16-17-29(26(33)18-23)36-19-22-10-4-3-5-11-22/h3-18,32,34-35H,19H2,1-2H3. The van der Waals surface area contributed by atoms with E-state index in [1.165, 1.54) is 38.9 Å². The second-order valence-corrected chi connectivity index (χ2v) is 10.2. The Labute approximate surface area is 219 Å². The number of aromatic amines is 2. The van der Waals surface area contributed by atoms with Crippen LogP contribution in [0, 0.1) is 13.8 Å². The summed E-state index contributed by atoms with van der Waals surface area (Å²) in [7, 11) is 0. The first-order valence-corrected chi connectivity index (χ1v) is 13.0. The number of aromatic nitrogens is 2. The normalized spacial score (nSPS) is 11.6. The molecule has 0 aliphatic heterocycles. The molecule has 2 aromatic heterocycles. The van der Waals surface area contributed by atoms with Gasteiger partial charge in [0.05, 0.1) is 4.47 Å². The van der Waals surface area contributed by atoms with Crippen molar-refractivity contribution in [2.75, 3.05) is 0 Å². The lowest BCUT2D eigenvalue weighted by atomic mass is 9.82. The van der Waals surface area contributed by atoms with E-state index in [1.807, 2.05) is 18.2 Å². The molecule has 0 spiro atoms. The molecule has 6 rings (SSSR count). The Hall–Kier alpha value is -3.76. The monoisotopic (exact) mass is 534 g/mol. The van der Waals surface area contributed by atoms with Gasteiger partial charge in [-0.1, -0.05) is 72.8 Å². The van der Waals surface area contributed by atoms with Crippen LogP contribution in [0.25, 0.3) is 21.8 Å². The topological polar surface area (TPSA) is 40.8 Å². The van der Waals surface area contributed by atoms with E-state index in [-0.39, 0.29) is 5.92 Å². The highest BCUT2D eigenvalue weighted by Gasteiger charge is 2.27. The minimum atomic E-state index is 0.0526. The fourth-order valence-electron chi connectivity index (χ4n) is 5.37. The van der Waals surface area contributed by atoms with Crippen molar-refractivity contribution >= 4 is 37.7 Å². The molecule has 0 radical (unpaired) electrons. The summed E-state index contributed by atoms with van der Waals surface area (Å²) in [5.74, 6) is 0.893. The number of hydrogen-bond acceptors (Lipinski definition) is 1. The lowest BCUT2D eigenvalue weighted by molar-refractivity contribution is 0.304. The van der Waals surface area contributed by atoms with E-state index in [4.69, 9.17) is 4.74 Å². The van der Waals surface area contributed by atoms with Crippen LogP contribution in [-0.4, -0.2) is 9.97 Å². The van der Waals surface area contributed by atoms with Crippen LogP contribution in [0.2, 0.25) is 0 Å². The zero-order valence-corrected chi connectivity index (χ0v) is 21.9. The second kappa shape index (κ2) is 9.36. The summed E-state index contributed by atoms with van der Waals surface area (Å²) in [5, 5.41) is 2.51. The molecule has 4 heteroatoms. The summed E-state index contributed by atoms with van der Waals surface area (Å²) in [5.41, 5.74) is 9.68. The first kappa shape index (κ1) is 22.7. The van der Waals surface area contributed by atoms with Gasteiger partial charge in [-0.15, -0.1) is 0 Å². The highest BCUT2D eigenvalue weighted by Crippen LogP contribution is 2.44. The maximum Gasteiger partial charge on any atom is 0.134 e. The van der Waals surface area contributed by atoms with Gasteiger partial charge < -0.3 is 14.7 Å². The van der Waals surface area contributed by atoms with E-state index in [2.05, 4.69) is 119 Å². The fraction of sp³-hybridized carbons (Fsp3) is 0.125. The molecule has 0 amide bonds. The Bertz CT molecular complexity index is 1600. The molecule has 36 heavy (non-hydrogen) atoms. The lowest BCUT2D eigenvalue weighted by Gasteiger charge is -2.21. The first-order valence-electron chi connectivity index (χ1n) is 12.2. The Balaban J connectivity index is 1.50. The molecule has 3 nitrogen and oxygen atoms in total. The predicted octanol–water partition coefficient (Wildman–Crippen LogP) is 8.79. The molecule has 0 atom stereocenters. The highest BCUT2D eigenvalue weighted by atomic mass is 79.9. The van der Waals surface area contributed by atoms with Gasteiger partial charge in [0.25, 0.3) is 0 Å². The smallest absolute Gasteiger partial charge is 0.134 e. The molecule has 0 saturated heterocycles. The van der Waals surface area contributed by atoms with Gasteiger partial charge >= 0.3 is 0 Å². The largest absolute Gasteiger partial charge is 0.488 e. The van der Waals surface area contributed by atoms with Crippen molar-refractivity contribution in [2.24, 2.45) is 0 Å². The minimum Gasteiger partial charge on any atom is -0.488 e. The Morgan fingerprint density at radius 3 is 1.83 bits per heavy atom. The number of benzene rings is 4. The van der Waals surface area contributed by atoms with Gasteiger partial charge in [0.1, 0.15) is 12.4 Å². The fourth-order valence-corrected chi connectivity index (χ4v) is 5.88. The molecule has 2 N–H and O–H groups in total. The molecule has 178 valence electrons. The number of rotatable bonds is 6. The van der Waals surface area contributed by atoms with E-state index < -0.39 is 0 Å². The molecule has 0 unspecified atom stereocenters. The molecule has 4 aromatic carbocycles. The van der Waals surface area contributed by atoms with E-state index in [1.54, 1.807) is 0 Å². The average molecular weight is 535 g/mol. The molecular formula is C32H27BrN2O. The van der Waals surface area contributed by atoms with Crippen molar-refractivity contribution in [2.45, 2.75) is 26.4 Å². The molecule has 2 heterocycles. The van der Waals surface area contributed by atoms with Crippen LogP contribution in [0.1, 0.15) is 39.6 Å². The quantitative estimate of drug-likeness (QED) is 0.220. The molecule has 0 aliphatic rings. The van der Waals surface area contributed by atoms with Gasteiger partial charge in [0.15, 0.2) is 0 Å². The molecule has 0 aliphatic carbocycles. The molecule has 6 aromatic rings. The summed E-state index contributed by atoms with van der Waals surface area (Å²) in [6, 6.07) is 33.9. The number of para-hydroxylation sites is 2. The van der Waals surface area contributed by atoms with Crippen LogP contribution in [-0.2, 0) is 6.61 Å². The zero-order valence-electron chi connectivity index (χ0n) is 20.3. The number of hydrogen-bond donors (Lipinski definition) is 2. The number of fused-ring (bicyclic) bond motifs is 2. The van der Waals surface area contributed by atoms with Crippen molar-refractivity contribution in [1.82, 2.24) is 9.97 Å². The van der Waals surface area contributed by atoms with Crippen molar-refractivity contribution in [3.05, 3.63) is 135 Å². The number of ether oxygens (including phenoxy) is 1. The van der Waals surface area contributed by atoms with Gasteiger partial charge in [-0.25, -0.2) is 0 Å². The number of halogens is 1. The third-order valence-corrected chi connectivity index (χ3v) is 7.61. The minimum absolute atomic E-state index is 0.0526. The molecular weight excluding hydrogens is 508 g/mol. The van der Waals surface area contributed by atoms with Crippen LogP contribution in [0.4, 0.5) is 0 Å². The van der Waals surface area contributed by atoms with Crippen molar-refractivity contribution in [3.8, 4) is 5.75 Å². The second-order valence-electron chi connectivity index (χ2n) is 9.32. The van der Waals surface area contributed by atoms with Crippen LogP contribution < -0.4 is 4.74 Å². The number of aryl methyl sites for hydroxylation is 2. The highest BCUT2D eigenvalue weighted by molar-refractivity contribution is 9.10.